The number of allylic oxidation sites excluding steroid dienone is 10. The highest BCUT2D eigenvalue weighted by atomic mass is 16.6. The molecule has 0 saturated heterocycles. The van der Waals surface area contributed by atoms with Crippen molar-refractivity contribution in [1.82, 2.24) is 0 Å². The van der Waals surface area contributed by atoms with Crippen LogP contribution in [0, 0.1) is 0 Å². The van der Waals surface area contributed by atoms with Crippen molar-refractivity contribution in [3.8, 4) is 0 Å². The number of aliphatic carboxylic acids is 1. The fraction of sp³-hybridized carbons (Fsp3) is 0.649. The van der Waals surface area contributed by atoms with Crippen LogP contribution in [-0.4, -0.2) is 80.6 Å². The summed E-state index contributed by atoms with van der Waals surface area (Å²) in [7, 11) is 5.47. The summed E-state index contributed by atoms with van der Waals surface area (Å²) in [4.78, 5) is 36.5. The van der Waals surface area contributed by atoms with Gasteiger partial charge < -0.3 is 23.8 Å². The Morgan fingerprint density at radius 2 is 1.24 bits per heavy atom. The Labute approximate surface area is 273 Å². The smallest absolute Gasteiger partial charge is 0.362 e. The van der Waals surface area contributed by atoms with Crippen molar-refractivity contribution in [1.29, 1.82) is 0 Å². The molecule has 0 aromatic carbocycles. The molecule has 0 heterocycles. The van der Waals surface area contributed by atoms with Crippen LogP contribution in [0.15, 0.2) is 60.8 Å². The fourth-order valence-electron chi connectivity index (χ4n) is 4.41. The lowest BCUT2D eigenvalue weighted by Gasteiger charge is -2.31. The zero-order valence-electron chi connectivity index (χ0n) is 28.8. The van der Waals surface area contributed by atoms with Crippen molar-refractivity contribution in [3.63, 3.8) is 0 Å². The van der Waals surface area contributed by atoms with Gasteiger partial charge in [-0.2, -0.15) is 0 Å². The Morgan fingerprint density at radius 3 is 1.82 bits per heavy atom. The molecule has 0 fully saturated rings. The maximum absolute atomic E-state index is 12.5. The largest absolute Gasteiger partial charge is 0.477 e. The summed E-state index contributed by atoms with van der Waals surface area (Å²) < 4.78 is 17.0. The maximum Gasteiger partial charge on any atom is 0.362 e. The quantitative estimate of drug-likeness (QED) is 0.0405. The van der Waals surface area contributed by atoms with Gasteiger partial charge in [0.15, 0.2) is 12.1 Å². The predicted octanol–water partition coefficient (Wildman–Crippen LogP) is 7.90. The number of rotatable bonds is 28. The van der Waals surface area contributed by atoms with Crippen LogP contribution in [-0.2, 0) is 28.6 Å². The topological polar surface area (TPSA) is 99.1 Å². The SMILES string of the molecule is CC/C=C/C=C/C=C/C=C/C=C/CCCC(=O)OC(COCCC(C(=O)O)[N+](C)(C)C)COC(=O)CCCCCCCCCC. The van der Waals surface area contributed by atoms with E-state index in [1.54, 1.807) is 0 Å². The molecule has 0 rings (SSSR count). The van der Waals surface area contributed by atoms with E-state index in [-0.39, 0.29) is 42.7 Å². The Hall–Kier alpha value is -2.97. The molecule has 0 aromatic heterocycles. The number of ether oxygens (including phenoxy) is 3. The van der Waals surface area contributed by atoms with Gasteiger partial charge in [0.2, 0.25) is 0 Å². The molecule has 0 aliphatic rings. The molecule has 0 aromatic rings. The average Bonchev–Trinajstić information content (AvgIpc) is 2.98. The van der Waals surface area contributed by atoms with Crippen LogP contribution in [0.5, 0.6) is 0 Å². The minimum Gasteiger partial charge on any atom is -0.477 e. The van der Waals surface area contributed by atoms with E-state index in [1.165, 1.54) is 32.1 Å². The first-order valence-corrected chi connectivity index (χ1v) is 16.9. The number of likely N-dealkylation sites (N-methyl/N-ethyl adjacent to an activating group) is 1. The second-order valence-electron chi connectivity index (χ2n) is 12.2. The van der Waals surface area contributed by atoms with Gasteiger partial charge in [-0.3, -0.25) is 9.59 Å². The number of esters is 2. The van der Waals surface area contributed by atoms with Gasteiger partial charge in [0.1, 0.15) is 6.61 Å². The fourth-order valence-corrected chi connectivity index (χ4v) is 4.41. The third-order valence-electron chi connectivity index (χ3n) is 7.06. The highest BCUT2D eigenvalue weighted by Gasteiger charge is 2.31. The van der Waals surface area contributed by atoms with Crippen molar-refractivity contribution < 1.29 is 38.2 Å². The molecule has 0 aliphatic carbocycles. The molecule has 256 valence electrons. The van der Waals surface area contributed by atoms with Crippen LogP contribution in [0.1, 0.15) is 104 Å². The van der Waals surface area contributed by atoms with E-state index < -0.39 is 18.1 Å². The number of unbranched alkanes of at least 4 members (excludes halogenated alkanes) is 8. The molecule has 2 atom stereocenters. The van der Waals surface area contributed by atoms with Crippen LogP contribution in [0.25, 0.3) is 0 Å². The molecular formula is C37H62NO7+. The first-order valence-electron chi connectivity index (χ1n) is 16.9. The third-order valence-corrected chi connectivity index (χ3v) is 7.06. The summed E-state index contributed by atoms with van der Waals surface area (Å²) in [6.45, 7) is 4.44. The molecule has 8 nitrogen and oxygen atoms in total. The van der Waals surface area contributed by atoms with Gasteiger partial charge in [-0.25, -0.2) is 4.79 Å². The number of carbonyl (C=O) groups is 3. The zero-order valence-corrected chi connectivity index (χ0v) is 28.8. The number of nitrogens with zero attached hydrogens (tertiary/aromatic N) is 1. The molecule has 0 spiro atoms. The van der Waals surface area contributed by atoms with Crippen molar-refractivity contribution in [3.05, 3.63) is 60.8 Å². The molecule has 0 aliphatic heterocycles. The average molecular weight is 633 g/mol. The van der Waals surface area contributed by atoms with Crippen LogP contribution in [0.2, 0.25) is 0 Å². The van der Waals surface area contributed by atoms with E-state index in [1.807, 2.05) is 75.8 Å². The summed E-state index contributed by atoms with van der Waals surface area (Å²) in [5.41, 5.74) is 0. The minimum atomic E-state index is -0.891. The molecule has 0 amide bonds. The highest BCUT2D eigenvalue weighted by molar-refractivity contribution is 5.72. The van der Waals surface area contributed by atoms with E-state index in [9.17, 15) is 19.5 Å². The van der Waals surface area contributed by atoms with Gasteiger partial charge in [0, 0.05) is 19.3 Å². The number of carbonyl (C=O) groups excluding carboxylic acids is 2. The first-order chi connectivity index (χ1) is 21.6. The van der Waals surface area contributed by atoms with Crippen LogP contribution in [0.3, 0.4) is 0 Å². The highest BCUT2D eigenvalue weighted by Crippen LogP contribution is 2.12. The van der Waals surface area contributed by atoms with Gasteiger partial charge in [-0.05, 0) is 25.7 Å². The molecule has 8 heteroatoms. The maximum atomic E-state index is 12.5. The van der Waals surface area contributed by atoms with Crippen molar-refractivity contribution in [2.24, 2.45) is 0 Å². The number of carboxylic acid groups (broad SMARTS) is 1. The number of hydrogen-bond acceptors (Lipinski definition) is 6. The van der Waals surface area contributed by atoms with E-state index in [4.69, 9.17) is 14.2 Å². The number of carboxylic acids is 1. The lowest BCUT2D eigenvalue weighted by molar-refractivity contribution is -0.887. The van der Waals surface area contributed by atoms with Gasteiger partial charge in [0.25, 0.3) is 0 Å². The molecule has 45 heavy (non-hydrogen) atoms. The zero-order chi connectivity index (χ0) is 33.6. The number of hydrogen-bond donors (Lipinski definition) is 1. The summed E-state index contributed by atoms with van der Waals surface area (Å²) in [6.07, 6.45) is 31.4. The van der Waals surface area contributed by atoms with Gasteiger partial charge in [-0.15, -0.1) is 0 Å². The summed E-state index contributed by atoms with van der Waals surface area (Å²) in [5.74, 6) is -1.58. The van der Waals surface area contributed by atoms with Crippen LogP contribution >= 0.6 is 0 Å². The second kappa shape index (κ2) is 28.5. The summed E-state index contributed by atoms with van der Waals surface area (Å²) in [5, 5.41) is 9.54. The number of quaternary nitrogens is 1. The molecule has 0 radical (unpaired) electrons. The third kappa shape index (κ3) is 27.1. The van der Waals surface area contributed by atoms with Crippen LogP contribution in [0.4, 0.5) is 0 Å². The molecule has 0 saturated carbocycles. The lowest BCUT2D eigenvalue weighted by atomic mass is 10.1. The predicted molar refractivity (Wildman–Crippen MR) is 183 cm³/mol. The Kier molecular flexibility index (Phi) is 26.6. The summed E-state index contributed by atoms with van der Waals surface area (Å²) in [6, 6.07) is -0.626. The van der Waals surface area contributed by atoms with Crippen molar-refractivity contribution in [2.45, 2.75) is 116 Å². The van der Waals surface area contributed by atoms with Crippen molar-refractivity contribution >= 4 is 17.9 Å². The monoisotopic (exact) mass is 632 g/mol. The Balaban J connectivity index is 4.65. The molecule has 2 unspecified atom stereocenters. The minimum absolute atomic E-state index is 0.0303. The van der Waals surface area contributed by atoms with Gasteiger partial charge in [0.05, 0.1) is 34.4 Å². The molecular weight excluding hydrogens is 570 g/mol. The molecule has 0 bridgehead atoms. The van der Waals surface area contributed by atoms with Crippen LogP contribution < -0.4 is 0 Å². The normalized spacial score (nSPS) is 13.9. The summed E-state index contributed by atoms with van der Waals surface area (Å²) >= 11 is 0. The van der Waals surface area contributed by atoms with E-state index in [0.717, 1.165) is 32.1 Å². The standard InChI is InChI=1S/C37H61NO7/c1-6-8-10-12-14-16-17-18-19-20-22-24-26-28-36(40)45-33(31-43-30-29-34(37(41)42)38(3,4)5)32-44-35(39)27-25-23-21-15-13-11-9-7-2/h8,10,12,14,16-20,22,33-34H,6-7,9,11,13,15,21,23-32H2,1-5H3/p+1/b10-8+,14-12+,17-16+,19-18+,22-20+. The second-order valence-corrected chi connectivity index (χ2v) is 12.2. The first kappa shape index (κ1) is 42.0. The molecule has 1 N–H and O–H groups in total. The Morgan fingerprint density at radius 1 is 0.689 bits per heavy atom. The Bertz CT molecular complexity index is 928. The van der Waals surface area contributed by atoms with E-state index in [0.29, 0.717) is 19.3 Å². The van der Waals surface area contributed by atoms with E-state index >= 15 is 0 Å². The van der Waals surface area contributed by atoms with E-state index in [2.05, 4.69) is 19.9 Å². The lowest BCUT2D eigenvalue weighted by Crippen LogP contribution is -2.50. The van der Waals surface area contributed by atoms with Gasteiger partial charge in [-0.1, -0.05) is 120 Å². The van der Waals surface area contributed by atoms with Crippen molar-refractivity contribution in [2.75, 3.05) is 41.0 Å². The van der Waals surface area contributed by atoms with Gasteiger partial charge >= 0.3 is 17.9 Å².